The van der Waals surface area contributed by atoms with E-state index in [1.165, 1.54) is 19.5 Å². The number of hydrogen-bond donors (Lipinski definition) is 0. The first-order chi connectivity index (χ1) is 15.4. The Morgan fingerprint density at radius 3 is 2.41 bits per heavy atom. The first-order valence-electron chi connectivity index (χ1n) is 10.0. The molecule has 0 saturated carbocycles. The van der Waals surface area contributed by atoms with E-state index >= 15 is 0 Å². The summed E-state index contributed by atoms with van der Waals surface area (Å²) in [5.41, 5.74) is 2.25. The zero-order valence-electron chi connectivity index (χ0n) is 17.7. The summed E-state index contributed by atoms with van der Waals surface area (Å²) in [4.78, 5) is 15.8. The Morgan fingerprint density at radius 2 is 1.72 bits per heavy atom. The molecule has 0 radical (unpaired) electrons. The normalized spacial score (nSPS) is 11.4. The van der Waals surface area contributed by atoms with Crippen LogP contribution in [0.2, 0.25) is 0 Å². The van der Waals surface area contributed by atoms with Crippen LogP contribution in [-0.4, -0.2) is 30.5 Å². The molecule has 4 rings (SSSR count). The van der Waals surface area contributed by atoms with Crippen molar-refractivity contribution >= 4 is 27.0 Å². The van der Waals surface area contributed by atoms with Gasteiger partial charge in [-0.3, -0.25) is 4.79 Å². The summed E-state index contributed by atoms with van der Waals surface area (Å²) in [5.74, 6) is 0.832. The number of esters is 1. The van der Waals surface area contributed by atoms with Gasteiger partial charge in [0.2, 0.25) is 0 Å². The second-order valence-corrected chi connectivity index (χ2v) is 9.11. The summed E-state index contributed by atoms with van der Waals surface area (Å²) in [6, 6.07) is 17.4. The van der Waals surface area contributed by atoms with E-state index in [0.717, 1.165) is 15.1 Å². The van der Waals surface area contributed by atoms with Crippen LogP contribution in [0.15, 0.2) is 78.0 Å². The molecular weight excluding hydrogens is 428 g/mol. The monoisotopic (exact) mass is 450 g/mol. The van der Waals surface area contributed by atoms with Crippen LogP contribution in [0.3, 0.4) is 0 Å². The van der Waals surface area contributed by atoms with Gasteiger partial charge in [-0.15, -0.1) is 0 Å². The van der Waals surface area contributed by atoms with E-state index in [-0.39, 0.29) is 16.5 Å². The van der Waals surface area contributed by atoms with Crippen molar-refractivity contribution in [3.05, 3.63) is 84.2 Å². The van der Waals surface area contributed by atoms with E-state index < -0.39 is 10.0 Å². The summed E-state index contributed by atoms with van der Waals surface area (Å²) >= 11 is 0. The van der Waals surface area contributed by atoms with Crippen LogP contribution in [0.4, 0.5) is 0 Å². The standard InChI is InChI=1S/C24H22N2O5S/c1-17-3-10-20(11-4-17)32(28,29)26-16-14-21-22(13-15-25-24(21)26)31-19-8-5-18(6-9-19)7-12-23(27)30-2/h3-6,8-11,13-16H,7,12H2,1-2H3. The molecule has 0 atom stereocenters. The van der Waals surface area contributed by atoms with Gasteiger partial charge in [0.1, 0.15) is 11.5 Å². The average Bonchev–Trinajstić information content (AvgIpc) is 3.25. The van der Waals surface area contributed by atoms with Gasteiger partial charge in [0.15, 0.2) is 5.65 Å². The number of rotatable bonds is 7. The Kier molecular flexibility index (Phi) is 5.96. The lowest BCUT2D eigenvalue weighted by Gasteiger charge is -2.10. The second kappa shape index (κ2) is 8.84. The van der Waals surface area contributed by atoms with Gasteiger partial charge in [0, 0.05) is 18.8 Å². The average molecular weight is 451 g/mol. The molecule has 164 valence electrons. The number of aryl methyl sites for hydroxylation is 2. The Balaban J connectivity index is 1.60. The van der Waals surface area contributed by atoms with Crippen molar-refractivity contribution in [1.29, 1.82) is 0 Å². The molecule has 0 aliphatic rings. The molecule has 2 aromatic heterocycles. The van der Waals surface area contributed by atoms with Crippen molar-refractivity contribution in [2.75, 3.05) is 7.11 Å². The minimum absolute atomic E-state index is 0.191. The summed E-state index contributed by atoms with van der Waals surface area (Å²) in [7, 11) is -2.42. The van der Waals surface area contributed by atoms with Crippen molar-refractivity contribution in [2.45, 2.75) is 24.7 Å². The SMILES string of the molecule is COC(=O)CCc1ccc(Oc2ccnc3c2ccn3S(=O)(=O)c2ccc(C)cc2)cc1. The molecule has 7 nitrogen and oxygen atoms in total. The number of carbonyl (C=O) groups is 1. The minimum atomic E-state index is -3.79. The highest BCUT2D eigenvalue weighted by atomic mass is 32.2. The predicted octanol–water partition coefficient (Wildman–Crippen LogP) is 4.48. The fourth-order valence-electron chi connectivity index (χ4n) is 3.30. The predicted molar refractivity (Wildman–Crippen MR) is 120 cm³/mol. The third-order valence-electron chi connectivity index (χ3n) is 5.09. The van der Waals surface area contributed by atoms with Gasteiger partial charge < -0.3 is 9.47 Å². The van der Waals surface area contributed by atoms with Crippen LogP contribution in [0.1, 0.15) is 17.5 Å². The van der Waals surface area contributed by atoms with Crippen molar-refractivity contribution in [3.8, 4) is 11.5 Å². The maximum atomic E-state index is 13.1. The quantitative estimate of drug-likeness (QED) is 0.386. The minimum Gasteiger partial charge on any atom is -0.469 e. The van der Waals surface area contributed by atoms with Gasteiger partial charge in [0.25, 0.3) is 10.0 Å². The number of carbonyl (C=O) groups excluding carboxylic acids is 1. The lowest BCUT2D eigenvalue weighted by molar-refractivity contribution is -0.140. The number of benzene rings is 2. The summed E-state index contributed by atoms with van der Waals surface area (Å²) < 4.78 is 38.0. The topological polar surface area (TPSA) is 87.5 Å². The molecule has 2 aromatic carbocycles. The Morgan fingerprint density at radius 1 is 1.00 bits per heavy atom. The number of ether oxygens (including phenoxy) is 2. The van der Waals surface area contributed by atoms with E-state index in [0.29, 0.717) is 29.7 Å². The zero-order chi connectivity index (χ0) is 22.7. The Hall–Kier alpha value is -3.65. The highest BCUT2D eigenvalue weighted by molar-refractivity contribution is 7.90. The number of nitrogens with zero attached hydrogens (tertiary/aromatic N) is 2. The van der Waals surface area contributed by atoms with E-state index in [2.05, 4.69) is 9.72 Å². The summed E-state index contributed by atoms with van der Waals surface area (Å²) in [5, 5.41) is 0.581. The third kappa shape index (κ3) is 4.36. The molecule has 0 aliphatic heterocycles. The van der Waals surface area contributed by atoms with Gasteiger partial charge in [-0.1, -0.05) is 29.8 Å². The fourth-order valence-corrected chi connectivity index (χ4v) is 4.60. The molecule has 0 spiro atoms. The molecule has 0 amide bonds. The number of fused-ring (bicyclic) bond motifs is 1. The second-order valence-electron chi connectivity index (χ2n) is 7.30. The molecule has 8 heteroatoms. The number of aromatic nitrogens is 2. The maximum absolute atomic E-state index is 13.1. The van der Waals surface area contributed by atoms with E-state index in [9.17, 15) is 13.2 Å². The highest BCUT2D eigenvalue weighted by Gasteiger charge is 2.21. The Labute approximate surface area is 186 Å². The first-order valence-corrected chi connectivity index (χ1v) is 11.4. The van der Waals surface area contributed by atoms with Crippen LogP contribution < -0.4 is 4.74 Å². The third-order valence-corrected chi connectivity index (χ3v) is 6.77. The van der Waals surface area contributed by atoms with Gasteiger partial charge in [-0.05, 0) is 55.3 Å². The fraction of sp³-hybridized carbons (Fsp3) is 0.167. The molecule has 0 aliphatic carbocycles. The molecule has 0 bridgehead atoms. The van der Waals surface area contributed by atoms with E-state index in [4.69, 9.17) is 4.74 Å². The van der Waals surface area contributed by atoms with Crippen LogP contribution in [0.25, 0.3) is 11.0 Å². The largest absolute Gasteiger partial charge is 0.469 e. The van der Waals surface area contributed by atoms with Gasteiger partial charge >= 0.3 is 5.97 Å². The summed E-state index contributed by atoms with van der Waals surface area (Å²) in [6.07, 6.45) is 3.88. The molecule has 32 heavy (non-hydrogen) atoms. The van der Waals surface area contributed by atoms with Crippen molar-refractivity contribution in [1.82, 2.24) is 8.96 Å². The molecule has 0 unspecified atom stereocenters. The van der Waals surface area contributed by atoms with Crippen LogP contribution in [0.5, 0.6) is 11.5 Å². The van der Waals surface area contributed by atoms with Crippen molar-refractivity contribution < 1.29 is 22.7 Å². The molecule has 0 fully saturated rings. The molecule has 0 N–H and O–H groups in total. The van der Waals surface area contributed by atoms with Crippen molar-refractivity contribution in [3.63, 3.8) is 0 Å². The van der Waals surface area contributed by atoms with Crippen LogP contribution >= 0.6 is 0 Å². The highest BCUT2D eigenvalue weighted by Crippen LogP contribution is 2.31. The van der Waals surface area contributed by atoms with Gasteiger partial charge in [0.05, 0.1) is 17.4 Å². The summed E-state index contributed by atoms with van der Waals surface area (Å²) in [6.45, 7) is 1.90. The number of hydrogen-bond acceptors (Lipinski definition) is 6. The molecular formula is C24H22N2O5S. The molecule has 4 aromatic rings. The van der Waals surface area contributed by atoms with Gasteiger partial charge in [-0.2, -0.15) is 0 Å². The van der Waals surface area contributed by atoms with Gasteiger partial charge in [-0.25, -0.2) is 17.4 Å². The van der Waals surface area contributed by atoms with Crippen molar-refractivity contribution in [2.24, 2.45) is 0 Å². The smallest absolute Gasteiger partial charge is 0.305 e. The molecule has 0 saturated heterocycles. The zero-order valence-corrected chi connectivity index (χ0v) is 18.5. The number of methoxy groups -OCH3 is 1. The van der Waals surface area contributed by atoms with E-state index in [1.807, 2.05) is 19.1 Å². The lowest BCUT2D eigenvalue weighted by Crippen LogP contribution is -2.12. The Bertz CT molecular complexity index is 1360. The van der Waals surface area contributed by atoms with Crippen LogP contribution in [-0.2, 0) is 26.0 Å². The molecule has 2 heterocycles. The van der Waals surface area contributed by atoms with Crippen LogP contribution in [0, 0.1) is 6.92 Å². The maximum Gasteiger partial charge on any atom is 0.305 e. The first kappa shape index (κ1) is 21.6. The number of pyridine rings is 1. The lowest BCUT2D eigenvalue weighted by atomic mass is 10.1. The van der Waals surface area contributed by atoms with E-state index in [1.54, 1.807) is 48.5 Å².